The van der Waals surface area contributed by atoms with Crippen LogP contribution >= 0.6 is 0 Å². The number of benzene rings is 1. The molecule has 19 heavy (non-hydrogen) atoms. The highest BCUT2D eigenvalue weighted by molar-refractivity contribution is 6.18. The molecule has 1 aliphatic heterocycles. The maximum atomic E-state index is 12.0. The van der Waals surface area contributed by atoms with Gasteiger partial charge in [-0.05, 0) is 31.0 Å². The normalized spacial score (nSPS) is 16.3. The summed E-state index contributed by atoms with van der Waals surface area (Å²) < 4.78 is 0. The molecule has 0 spiro atoms. The molecular formula is C13H14N2O4. The van der Waals surface area contributed by atoms with Gasteiger partial charge in [0.15, 0.2) is 0 Å². The molecule has 0 atom stereocenters. The van der Waals surface area contributed by atoms with Gasteiger partial charge in [-0.15, -0.1) is 0 Å². The lowest BCUT2D eigenvalue weighted by Crippen LogP contribution is -2.36. The Morgan fingerprint density at radius 1 is 1.16 bits per heavy atom. The average molecular weight is 262 g/mol. The first kappa shape index (κ1) is 13.1. The summed E-state index contributed by atoms with van der Waals surface area (Å²) in [7, 11) is 0. The zero-order valence-electron chi connectivity index (χ0n) is 10.3. The number of nitrogens with zero attached hydrogens (tertiary/aromatic N) is 1. The zero-order valence-corrected chi connectivity index (χ0v) is 10.3. The average Bonchev–Trinajstić information content (AvgIpc) is 2.50. The monoisotopic (exact) mass is 262 g/mol. The summed E-state index contributed by atoms with van der Waals surface area (Å²) in [5, 5.41) is 9.14. The van der Waals surface area contributed by atoms with Crippen molar-refractivity contribution < 1.29 is 19.5 Å². The third-order valence-electron chi connectivity index (χ3n) is 3.02. The number of hydrogen-bond acceptors (Lipinski definition) is 4. The van der Waals surface area contributed by atoms with Gasteiger partial charge in [0.25, 0.3) is 0 Å². The van der Waals surface area contributed by atoms with Crippen LogP contribution in [0, 0.1) is 0 Å². The lowest BCUT2D eigenvalue weighted by molar-refractivity contribution is -0.125. The van der Waals surface area contributed by atoms with Crippen LogP contribution in [0.2, 0.25) is 0 Å². The molecule has 6 nitrogen and oxygen atoms in total. The van der Waals surface area contributed by atoms with Crippen molar-refractivity contribution in [1.82, 2.24) is 0 Å². The minimum atomic E-state index is -1.19. The number of carbonyl (C=O) groups is 3. The number of carbonyl (C=O) groups excluding carboxylic acids is 2. The largest absolute Gasteiger partial charge is 0.478 e. The summed E-state index contributed by atoms with van der Waals surface area (Å²) in [6, 6.07) is 4.09. The number of nitrogen functional groups attached to an aromatic ring is 1. The molecule has 1 saturated heterocycles. The molecule has 0 bridgehead atoms. The number of carboxylic acids is 1. The lowest BCUT2D eigenvalue weighted by Gasteiger charge is -2.21. The van der Waals surface area contributed by atoms with E-state index in [0.29, 0.717) is 18.5 Å². The van der Waals surface area contributed by atoms with Gasteiger partial charge < -0.3 is 10.8 Å². The Labute approximate surface area is 109 Å². The van der Waals surface area contributed by atoms with Crippen molar-refractivity contribution in [3.63, 3.8) is 0 Å². The Balaban J connectivity index is 2.54. The number of hydrogen-bond donors (Lipinski definition) is 2. The number of imide groups is 1. The van der Waals surface area contributed by atoms with Crippen molar-refractivity contribution >= 4 is 29.2 Å². The first-order valence-electron chi connectivity index (χ1n) is 5.99. The second kappa shape index (κ2) is 5.09. The second-order valence-corrected chi connectivity index (χ2v) is 4.41. The lowest BCUT2D eigenvalue weighted by atomic mass is 10.1. The van der Waals surface area contributed by atoms with Gasteiger partial charge in [0.05, 0.1) is 11.3 Å². The Hall–Kier alpha value is -2.37. The molecule has 6 heteroatoms. The van der Waals surface area contributed by atoms with Crippen LogP contribution in [0.4, 0.5) is 11.4 Å². The van der Waals surface area contributed by atoms with Crippen LogP contribution in [-0.4, -0.2) is 22.9 Å². The van der Waals surface area contributed by atoms with Crippen LogP contribution in [0.3, 0.4) is 0 Å². The van der Waals surface area contributed by atoms with Crippen LogP contribution in [0.5, 0.6) is 0 Å². The van der Waals surface area contributed by atoms with E-state index < -0.39 is 5.97 Å². The van der Waals surface area contributed by atoms with Gasteiger partial charge in [0.2, 0.25) is 11.8 Å². The Bertz CT molecular complexity index is 536. The molecule has 100 valence electrons. The topological polar surface area (TPSA) is 101 Å². The van der Waals surface area contributed by atoms with Crippen LogP contribution < -0.4 is 10.6 Å². The molecule has 0 saturated carbocycles. The quantitative estimate of drug-likeness (QED) is 0.619. The van der Waals surface area contributed by atoms with Crippen LogP contribution in [0.15, 0.2) is 18.2 Å². The van der Waals surface area contributed by atoms with E-state index in [-0.39, 0.29) is 35.9 Å². The Morgan fingerprint density at radius 3 is 2.26 bits per heavy atom. The van der Waals surface area contributed by atoms with Crippen molar-refractivity contribution in [3.8, 4) is 0 Å². The Morgan fingerprint density at radius 2 is 1.74 bits per heavy atom. The predicted octanol–water partition coefficient (Wildman–Crippen LogP) is 1.40. The van der Waals surface area contributed by atoms with E-state index in [1.807, 2.05) is 0 Å². The number of rotatable bonds is 2. The van der Waals surface area contributed by atoms with Crippen molar-refractivity contribution in [2.24, 2.45) is 0 Å². The third-order valence-corrected chi connectivity index (χ3v) is 3.02. The van der Waals surface area contributed by atoms with E-state index in [1.165, 1.54) is 18.2 Å². The molecular weight excluding hydrogens is 248 g/mol. The molecule has 0 aliphatic carbocycles. The summed E-state index contributed by atoms with van der Waals surface area (Å²) >= 11 is 0. The first-order valence-corrected chi connectivity index (χ1v) is 5.99. The molecule has 0 radical (unpaired) electrons. The minimum absolute atomic E-state index is 0.0596. The van der Waals surface area contributed by atoms with Crippen molar-refractivity contribution in [2.75, 3.05) is 10.6 Å². The number of aromatic carboxylic acids is 1. The molecule has 2 rings (SSSR count). The van der Waals surface area contributed by atoms with Crippen LogP contribution in [0.1, 0.15) is 36.0 Å². The molecule has 1 heterocycles. The zero-order chi connectivity index (χ0) is 14.0. The van der Waals surface area contributed by atoms with E-state index in [2.05, 4.69) is 0 Å². The van der Waals surface area contributed by atoms with E-state index in [1.54, 1.807) is 0 Å². The van der Waals surface area contributed by atoms with Crippen molar-refractivity contribution in [3.05, 3.63) is 23.8 Å². The van der Waals surface area contributed by atoms with Crippen molar-refractivity contribution in [2.45, 2.75) is 25.7 Å². The fourth-order valence-electron chi connectivity index (χ4n) is 2.10. The summed E-state index contributed by atoms with van der Waals surface area (Å²) in [6.07, 6.45) is 1.73. The molecule has 1 fully saturated rings. The predicted molar refractivity (Wildman–Crippen MR) is 68.8 cm³/mol. The molecule has 1 aromatic rings. The van der Waals surface area contributed by atoms with Gasteiger partial charge in [0.1, 0.15) is 0 Å². The first-order chi connectivity index (χ1) is 9.00. The van der Waals surface area contributed by atoms with Gasteiger partial charge in [-0.1, -0.05) is 0 Å². The smallest absolute Gasteiger partial charge is 0.337 e. The Kier molecular flexibility index (Phi) is 3.50. The van der Waals surface area contributed by atoms with Crippen molar-refractivity contribution in [1.29, 1.82) is 0 Å². The molecule has 3 N–H and O–H groups in total. The fourth-order valence-corrected chi connectivity index (χ4v) is 2.10. The number of anilines is 2. The maximum Gasteiger partial charge on any atom is 0.337 e. The molecule has 0 unspecified atom stereocenters. The third kappa shape index (κ3) is 2.57. The van der Waals surface area contributed by atoms with E-state index in [4.69, 9.17) is 10.8 Å². The molecule has 1 aromatic carbocycles. The van der Waals surface area contributed by atoms with Gasteiger partial charge in [-0.2, -0.15) is 0 Å². The highest BCUT2D eigenvalue weighted by Crippen LogP contribution is 2.27. The standard InChI is InChI=1S/C13H14N2O4/c14-8-5-6-9(13(18)19)10(7-8)15-11(16)3-1-2-4-12(15)17/h5-7H,1-4,14H2,(H,18,19). The van der Waals surface area contributed by atoms with Gasteiger partial charge in [-0.25, -0.2) is 9.69 Å². The minimum Gasteiger partial charge on any atom is -0.478 e. The fraction of sp³-hybridized carbons (Fsp3) is 0.308. The summed E-state index contributed by atoms with van der Waals surface area (Å²) in [5.74, 6) is -1.95. The number of amides is 2. The maximum absolute atomic E-state index is 12.0. The highest BCUT2D eigenvalue weighted by atomic mass is 16.4. The summed E-state index contributed by atoms with van der Waals surface area (Å²) in [6.45, 7) is 0. The number of carboxylic acid groups (broad SMARTS) is 1. The van der Waals surface area contributed by atoms with E-state index >= 15 is 0 Å². The SMILES string of the molecule is Nc1ccc(C(=O)O)c(N2C(=O)CCCCC2=O)c1. The van der Waals surface area contributed by atoms with Crippen LogP contribution in [0.25, 0.3) is 0 Å². The van der Waals surface area contributed by atoms with E-state index in [0.717, 1.165) is 4.90 Å². The second-order valence-electron chi connectivity index (χ2n) is 4.41. The van der Waals surface area contributed by atoms with Gasteiger partial charge in [0, 0.05) is 18.5 Å². The molecule has 0 aromatic heterocycles. The molecule has 1 aliphatic rings. The molecule has 2 amide bonds. The van der Waals surface area contributed by atoms with Crippen LogP contribution in [-0.2, 0) is 9.59 Å². The summed E-state index contributed by atoms with van der Waals surface area (Å²) in [5.41, 5.74) is 5.89. The number of nitrogens with two attached hydrogens (primary N) is 1. The highest BCUT2D eigenvalue weighted by Gasteiger charge is 2.29. The van der Waals surface area contributed by atoms with Gasteiger partial charge in [-0.3, -0.25) is 9.59 Å². The summed E-state index contributed by atoms with van der Waals surface area (Å²) in [4.78, 5) is 36.1. The van der Waals surface area contributed by atoms with Gasteiger partial charge >= 0.3 is 5.97 Å². The van der Waals surface area contributed by atoms with E-state index in [9.17, 15) is 14.4 Å².